The lowest BCUT2D eigenvalue weighted by atomic mass is 10.1. The van der Waals surface area contributed by atoms with Gasteiger partial charge in [-0.1, -0.05) is 24.3 Å². The first kappa shape index (κ1) is 16.9. The number of aryl methyl sites for hydroxylation is 2. The summed E-state index contributed by atoms with van der Waals surface area (Å²) in [7, 11) is 0. The maximum Gasteiger partial charge on any atom is 0.243 e. The Morgan fingerprint density at radius 2 is 1.84 bits per heavy atom. The van der Waals surface area contributed by atoms with Gasteiger partial charge in [-0.15, -0.1) is 0 Å². The molecule has 3 N–H and O–H groups in total. The van der Waals surface area contributed by atoms with Gasteiger partial charge in [0, 0.05) is 17.5 Å². The van der Waals surface area contributed by atoms with Crippen LogP contribution in [0.15, 0.2) is 48.5 Å². The summed E-state index contributed by atoms with van der Waals surface area (Å²) in [6.45, 7) is 1.88. The minimum absolute atomic E-state index is 0.308. The Kier molecular flexibility index (Phi) is 5.20. The van der Waals surface area contributed by atoms with Crippen LogP contribution < -0.4 is 10.8 Å². The molecule has 0 unspecified atom stereocenters. The van der Waals surface area contributed by atoms with Gasteiger partial charge in [0.15, 0.2) is 0 Å². The average molecular weight is 336 g/mol. The van der Waals surface area contributed by atoms with Crippen LogP contribution in [0.25, 0.3) is 10.9 Å². The number of para-hydroxylation sites is 1. The second-order valence-electron chi connectivity index (χ2n) is 5.85. The number of aromatic nitrogens is 2. The van der Waals surface area contributed by atoms with Crippen molar-refractivity contribution in [3.8, 4) is 0 Å². The number of nitrogens with zero attached hydrogens (tertiary/aromatic N) is 2. The van der Waals surface area contributed by atoms with Gasteiger partial charge < -0.3 is 5.32 Å². The number of hydroxylamine groups is 1. The monoisotopic (exact) mass is 336 g/mol. The molecule has 1 amide bonds. The Labute approximate surface area is 145 Å². The molecule has 0 aliphatic heterocycles. The van der Waals surface area contributed by atoms with Crippen LogP contribution in [0.5, 0.6) is 0 Å². The molecule has 0 saturated heterocycles. The topological polar surface area (TPSA) is 87.1 Å². The van der Waals surface area contributed by atoms with E-state index in [2.05, 4.69) is 15.3 Å². The van der Waals surface area contributed by atoms with Crippen LogP contribution >= 0.6 is 0 Å². The number of anilines is 2. The number of amides is 1. The average Bonchev–Trinajstić information content (AvgIpc) is 2.63. The van der Waals surface area contributed by atoms with E-state index < -0.39 is 0 Å². The SMILES string of the molecule is Cc1nc(Nc2ccc(CCCC(=O)NO)cc2)c2ccccc2n1. The summed E-state index contributed by atoms with van der Waals surface area (Å²) in [6.07, 6.45) is 1.78. The first-order chi connectivity index (χ1) is 12.2. The van der Waals surface area contributed by atoms with Gasteiger partial charge >= 0.3 is 0 Å². The van der Waals surface area contributed by atoms with Crippen LogP contribution in [-0.4, -0.2) is 21.1 Å². The van der Waals surface area contributed by atoms with E-state index in [1.54, 1.807) is 5.48 Å². The maximum absolute atomic E-state index is 11.0. The van der Waals surface area contributed by atoms with E-state index >= 15 is 0 Å². The van der Waals surface area contributed by atoms with Crippen LogP contribution in [0.1, 0.15) is 24.2 Å². The van der Waals surface area contributed by atoms with Gasteiger partial charge in [-0.3, -0.25) is 10.0 Å². The van der Waals surface area contributed by atoms with Gasteiger partial charge in [0.1, 0.15) is 11.6 Å². The summed E-state index contributed by atoms with van der Waals surface area (Å²) < 4.78 is 0. The molecule has 3 aromatic rings. The number of hydrogen-bond donors (Lipinski definition) is 3. The number of carbonyl (C=O) groups excluding carboxylic acids is 1. The zero-order chi connectivity index (χ0) is 17.6. The molecule has 25 heavy (non-hydrogen) atoms. The Morgan fingerprint density at radius 1 is 1.08 bits per heavy atom. The second-order valence-corrected chi connectivity index (χ2v) is 5.85. The van der Waals surface area contributed by atoms with Gasteiger partial charge in [0.25, 0.3) is 0 Å². The van der Waals surface area contributed by atoms with Crippen molar-refractivity contribution in [2.75, 3.05) is 5.32 Å². The summed E-state index contributed by atoms with van der Waals surface area (Å²) in [5, 5.41) is 12.8. The van der Waals surface area contributed by atoms with E-state index in [0.717, 1.165) is 40.2 Å². The number of rotatable bonds is 6. The Morgan fingerprint density at radius 3 is 2.60 bits per heavy atom. The summed E-state index contributed by atoms with van der Waals surface area (Å²) in [5.41, 5.74) is 4.64. The highest BCUT2D eigenvalue weighted by atomic mass is 16.5. The highest BCUT2D eigenvalue weighted by molar-refractivity contribution is 5.90. The third-order valence-corrected chi connectivity index (χ3v) is 3.93. The fourth-order valence-corrected chi connectivity index (χ4v) is 2.69. The predicted octanol–water partition coefficient (Wildman–Crippen LogP) is 3.51. The predicted molar refractivity (Wildman–Crippen MR) is 96.9 cm³/mol. The van der Waals surface area contributed by atoms with Crippen LogP contribution in [0, 0.1) is 6.92 Å². The Bertz CT molecular complexity index is 878. The molecule has 128 valence electrons. The third kappa shape index (κ3) is 4.30. The van der Waals surface area contributed by atoms with Gasteiger partial charge in [0.05, 0.1) is 5.52 Å². The van der Waals surface area contributed by atoms with E-state index in [1.165, 1.54) is 0 Å². The minimum Gasteiger partial charge on any atom is -0.340 e. The highest BCUT2D eigenvalue weighted by Crippen LogP contribution is 2.24. The zero-order valence-corrected chi connectivity index (χ0v) is 14.0. The standard InChI is InChI=1S/C19H20N4O2/c1-13-20-17-7-3-2-6-16(17)19(21-13)22-15-11-9-14(10-12-15)5-4-8-18(24)23-25/h2-3,6-7,9-12,25H,4-5,8H2,1H3,(H,23,24)(H,20,21,22). The molecule has 0 atom stereocenters. The number of nitrogens with one attached hydrogen (secondary N) is 2. The van der Waals surface area contributed by atoms with Crippen LogP contribution in [0.4, 0.5) is 11.5 Å². The molecule has 0 spiro atoms. The van der Waals surface area contributed by atoms with E-state index in [9.17, 15) is 4.79 Å². The van der Waals surface area contributed by atoms with E-state index in [-0.39, 0.29) is 5.91 Å². The van der Waals surface area contributed by atoms with Crippen molar-refractivity contribution >= 4 is 28.3 Å². The van der Waals surface area contributed by atoms with E-state index in [1.807, 2.05) is 55.5 Å². The van der Waals surface area contributed by atoms with Gasteiger partial charge in [0.2, 0.25) is 5.91 Å². The molecule has 3 rings (SSSR count). The van der Waals surface area contributed by atoms with E-state index in [4.69, 9.17) is 5.21 Å². The summed E-state index contributed by atoms with van der Waals surface area (Å²) >= 11 is 0. The number of hydrogen-bond acceptors (Lipinski definition) is 5. The van der Waals surface area contributed by atoms with Crippen LogP contribution in [0.3, 0.4) is 0 Å². The normalized spacial score (nSPS) is 10.6. The largest absolute Gasteiger partial charge is 0.340 e. The van der Waals surface area contributed by atoms with Crippen LogP contribution in [-0.2, 0) is 11.2 Å². The number of fused-ring (bicyclic) bond motifs is 1. The second kappa shape index (κ2) is 7.72. The lowest BCUT2D eigenvalue weighted by molar-refractivity contribution is -0.129. The van der Waals surface area contributed by atoms with Crippen LogP contribution in [0.2, 0.25) is 0 Å². The molecule has 0 aliphatic rings. The third-order valence-electron chi connectivity index (χ3n) is 3.93. The summed E-state index contributed by atoms with van der Waals surface area (Å²) in [5.74, 6) is 1.15. The van der Waals surface area contributed by atoms with Gasteiger partial charge in [-0.2, -0.15) is 0 Å². The molecule has 6 heteroatoms. The van der Waals surface area contributed by atoms with Gasteiger partial charge in [-0.05, 0) is 49.6 Å². The van der Waals surface area contributed by atoms with Crippen molar-refractivity contribution in [2.24, 2.45) is 0 Å². The van der Waals surface area contributed by atoms with Crippen molar-refractivity contribution in [1.29, 1.82) is 0 Å². The maximum atomic E-state index is 11.0. The molecular formula is C19H20N4O2. The summed E-state index contributed by atoms with van der Waals surface area (Å²) in [4.78, 5) is 20.0. The fraction of sp³-hybridized carbons (Fsp3) is 0.211. The fourth-order valence-electron chi connectivity index (χ4n) is 2.69. The molecule has 2 aromatic carbocycles. The molecule has 6 nitrogen and oxygen atoms in total. The lowest BCUT2D eigenvalue weighted by Crippen LogP contribution is -2.18. The quantitative estimate of drug-likeness (QED) is 0.474. The van der Waals surface area contributed by atoms with Crippen molar-refractivity contribution in [3.63, 3.8) is 0 Å². The molecule has 1 aromatic heterocycles. The summed E-state index contributed by atoms with van der Waals surface area (Å²) in [6, 6.07) is 15.9. The van der Waals surface area contributed by atoms with Crippen molar-refractivity contribution in [3.05, 3.63) is 59.9 Å². The van der Waals surface area contributed by atoms with Gasteiger partial charge in [-0.25, -0.2) is 15.4 Å². The molecule has 0 fully saturated rings. The van der Waals surface area contributed by atoms with Crippen molar-refractivity contribution < 1.29 is 10.0 Å². The first-order valence-corrected chi connectivity index (χ1v) is 8.18. The van der Waals surface area contributed by atoms with Crippen molar-refractivity contribution in [2.45, 2.75) is 26.2 Å². The molecular weight excluding hydrogens is 316 g/mol. The highest BCUT2D eigenvalue weighted by Gasteiger charge is 2.06. The molecule has 0 aliphatic carbocycles. The Hall–Kier alpha value is -2.99. The Balaban J connectivity index is 1.71. The molecule has 1 heterocycles. The first-order valence-electron chi connectivity index (χ1n) is 8.18. The lowest BCUT2D eigenvalue weighted by Gasteiger charge is -2.10. The smallest absolute Gasteiger partial charge is 0.243 e. The van der Waals surface area contributed by atoms with E-state index in [0.29, 0.717) is 12.8 Å². The molecule has 0 radical (unpaired) electrons. The number of carbonyl (C=O) groups is 1. The molecule has 0 saturated carbocycles. The zero-order valence-electron chi connectivity index (χ0n) is 14.0. The number of benzene rings is 2. The molecule has 0 bridgehead atoms. The minimum atomic E-state index is -0.357. The van der Waals surface area contributed by atoms with Crippen molar-refractivity contribution in [1.82, 2.24) is 15.4 Å².